The van der Waals surface area contributed by atoms with Gasteiger partial charge in [0, 0.05) is 6.04 Å². The van der Waals surface area contributed by atoms with Crippen LogP contribution in [0.2, 0.25) is 0 Å². The smallest absolute Gasteiger partial charge is 0.0626 e. The molecule has 1 unspecified atom stereocenters. The summed E-state index contributed by atoms with van der Waals surface area (Å²) in [7, 11) is 2.05. The molecule has 1 aliphatic rings. The van der Waals surface area contributed by atoms with Crippen LogP contribution < -0.4 is 5.32 Å². The number of nitrogens with one attached hydrogen (secondary N) is 1. The van der Waals surface area contributed by atoms with E-state index in [1.165, 1.54) is 32.1 Å². The van der Waals surface area contributed by atoms with Crippen molar-refractivity contribution < 1.29 is 4.74 Å². The van der Waals surface area contributed by atoms with Crippen molar-refractivity contribution in [1.82, 2.24) is 5.32 Å². The lowest BCUT2D eigenvalue weighted by Gasteiger charge is -2.25. The first-order valence-electron chi connectivity index (χ1n) is 6.32. The van der Waals surface area contributed by atoms with Gasteiger partial charge in [-0.05, 0) is 40.2 Å². The maximum atomic E-state index is 5.83. The molecule has 1 atom stereocenters. The van der Waals surface area contributed by atoms with E-state index in [2.05, 4.69) is 26.1 Å². The van der Waals surface area contributed by atoms with Gasteiger partial charge < -0.3 is 10.1 Å². The van der Waals surface area contributed by atoms with Crippen LogP contribution >= 0.6 is 0 Å². The van der Waals surface area contributed by atoms with E-state index in [9.17, 15) is 0 Å². The Hall–Kier alpha value is -0.0800. The van der Waals surface area contributed by atoms with Crippen molar-refractivity contribution in [2.24, 2.45) is 5.92 Å². The molecule has 1 N–H and O–H groups in total. The van der Waals surface area contributed by atoms with E-state index in [-0.39, 0.29) is 5.60 Å². The summed E-state index contributed by atoms with van der Waals surface area (Å²) < 4.78 is 5.83. The fourth-order valence-electron chi connectivity index (χ4n) is 2.27. The molecule has 0 aliphatic heterocycles. The molecule has 2 heteroatoms. The van der Waals surface area contributed by atoms with E-state index >= 15 is 0 Å². The van der Waals surface area contributed by atoms with Gasteiger partial charge in [-0.1, -0.05) is 25.7 Å². The molecular formula is C13H27NO. The molecule has 15 heavy (non-hydrogen) atoms. The van der Waals surface area contributed by atoms with Crippen molar-refractivity contribution in [3.63, 3.8) is 0 Å². The van der Waals surface area contributed by atoms with Crippen LogP contribution in [0, 0.1) is 5.92 Å². The largest absolute Gasteiger partial charge is 0.374 e. The molecule has 0 bridgehead atoms. The van der Waals surface area contributed by atoms with E-state index in [1.54, 1.807) is 0 Å². The monoisotopic (exact) mass is 213 g/mol. The van der Waals surface area contributed by atoms with Crippen molar-refractivity contribution in [3.8, 4) is 0 Å². The Bertz CT molecular complexity index is 168. The molecule has 1 saturated carbocycles. The minimum absolute atomic E-state index is 0.00915. The van der Waals surface area contributed by atoms with Crippen molar-refractivity contribution >= 4 is 0 Å². The highest BCUT2D eigenvalue weighted by Gasteiger charge is 2.21. The summed E-state index contributed by atoms with van der Waals surface area (Å²) >= 11 is 0. The van der Waals surface area contributed by atoms with Crippen LogP contribution in [0.25, 0.3) is 0 Å². The van der Waals surface area contributed by atoms with Gasteiger partial charge in [-0.3, -0.25) is 0 Å². The number of rotatable bonds is 5. The average molecular weight is 213 g/mol. The summed E-state index contributed by atoms with van der Waals surface area (Å²) in [6, 6.07) is 0.535. The van der Waals surface area contributed by atoms with Gasteiger partial charge in [-0.2, -0.15) is 0 Å². The Morgan fingerprint density at radius 3 is 2.33 bits per heavy atom. The Kier molecular flexibility index (Phi) is 5.07. The van der Waals surface area contributed by atoms with Crippen LogP contribution in [0.15, 0.2) is 0 Å². The molecule has 0 spiro atoms. The third kappa shape index (κ3) is 5.53. The van der Waals surface area contributed by atoms with Crippen molar-refractivity contribution in [3.05, 3.63) is 0 Å². The fourth-order valence-corrected chi connectivity index (χ4v) is 2.27. The first-order chi connectivity index (χ1) is 7.01. The minimum atomic E-state index is -0.00915. The van der Waals surface area contributed by atoms with Crippen LogP contribution in [0.4, 0.5) is 0 Å². The van der Waals surface area contributed by atoms with Gasteiger partial charge >= 0.3 is 0 Å². The van der Waals surface area contributed by atoms with Gasteiger partial charge in [-0.25, -0.2) is 0 Å². The summed E-state index contributed by atoms with van der Waals surface area (Å²) in [5.41, 5.74) is -0.00915. The van der Waals surface area contributed by atoms with Crippen LogP contribution in [-0.2, 0) is 4.74 Å². The third-order valence-electron chi connectivity index (χ3n) is 3.22. The third-order valence-corrected chi connectivity index (χ3v) is 3.22. The van der Waals surface area contributed by atoms with E-state index in [0.717, 1.165) is 12.5 Å². The Morgan fingerprint density at radius 2 is 1.87 bits per heavy atom. The Labute approximate surface area is 94.8 Å². The highest BCUT2D eigenvalue weighted by atomic mass is 16.5. The van der Waals surface area contributed by atoms with Gasteiger partial charge in [0.15, 0.2) is 0 Å². The highest BCUT2D eigenvalue weighted by Crippen LogP contribution is 2.28. The number of ether oxygens (including phenoxy) is 1. The summed E-state index contributed by atoms with van der Waals surface area (Å²) in [5, 5.41) is 3.38. The second kappa shape index (κ2) is 5.86. The zero-order valence-corrected chi connectivity index (χ0v) is 10.8. The zero-order valence-electron chi connectivity index (χ0n) is 10.8. The molecular weight excluding hydrogens is 186 g/mol. The van der Waals surface area contributed by atoms with E-state index in [0.29, 0.717) is 6.04 Å². The molecule has 2 nitrogen and oxygen atoms in total. The van der Waals surface area contributed by atoms with E-state index in [4.69, 9.17) is 4.74 Å². The lowest BCUT2D eigenvalue weighted by molar-refractivity contribution is -0.0162. The summed E-state index contributed by atoms with van der Waals surface area (Å²) in [6.07, 6.45) is 7.00. The maximum Gasteiger partial charge on any atom is 0.0626 e. The first-order valence-corrected chi connectivity index (χ1v) is 6.32. The molecule has 0 aromatic heterocycles. The molecule has 90 valence electrons. The normalized spacial score (nSPS) is 20.8. The number of hydrogen-bond donors (Lipinski definition) is 1. The predicted octanol–water partition coefficient (Wildman–Crippen LogP) is 2.97. The second-order valence-corrected chi connectivity index (χ2v) is 5.80. The molecule has 0 heterocycles. The number of hydrogen-bond acceptors (Lipinski definition) is 2. The van der Waals surface area contributed by atoms with Crippen LogP contribution in [0.5, 0.6) is 0 Å². The Morgan fingerprint density at radius 1 is 1.27 bits per heavy atom. The van der Waals surface area contributed by atoms with E-state index < -0.39 is 0 Å². The van der Waals surface area contributed by atoms with Gasteiger partial charge in [-0.15, -0.1) is 0 Å². The van der Waals surface area contributed by atoms with Crippen molar-refractivity contribution in [2.45, 2.75) is 64.5 Å². The fraction of sp³-hybridized carbons (Fsp3) is 1.00. The second-order valence-electron chi connectivity index (χ2n) is 5.80. The molecule has 1 fully saturated rings. The highest BCUT2D eigenvalue weighted by molar-refractivity contribution is 4.75. The SMILES string of the molecule is CNC(COC(C)(C)C)CC1CCCC1. The Balaban J connectivity index is 2.22. The lowest BCUT2D eigenvalue weighted by atomic mass is 9.99. The first kappa shape index (κ1) is 13.0. The van der Waals surface area contributed by atoms with Crippen molar-refractivity contribution in [2.75, 3.05) is 13.7 Å². The van der Waals surface area contributed by atoms with Crippen LogP contribution in [-0.4, -0.2) is 25.3 Å². The minimum Gasteiger partial charge on any atom is -0.374 e. The molecule has 0 radical (unpaired) electrons. The van der Waals surface area contributed by atoms with Crippen LogP contribution in [0.3, 0.4) is 0 Å². The predicted molar refractivity (Wildman–Crippen MR) is 65.1 cm³/mol. The standard InChI is InChI=1S/C13H27NO/c1-13(2,3)15-10-12(14-4)9-11-7-5-6-8-11/h11-12,14H,5-10H2,1-4H3. The van der Waals surface area contributed by atoms with Gasteiger partial charge in [0.25, 0.3) is 0 Å². The van der Waals surface area contributed by atoms with Crippen molar-refractivity contribution in [1.29, 1.82) is 0 Å². The quantitative estimate of drug-likeness (QED) is 0.758. The molecule has 1 rings (SSSR count). The molecule has 0 amide bonds. The zero-order chi connectivity index (χ0) is 11.3. The van der Waals surface area contributed by atoms with Gasteiger partial charge in [0.05, 0.1) is 12.2 Å². The van der Waals surface area contributed by atoms with E-state index in [1.807, 2.05) is 7.05 Å². The summed E-state index contributed by atoms with van der Waals surface area (Å²) in [4.78, 5) is 0. The van der Waals surface area contributed by atoms with Gasteiger partial charge in [0.1, 0.15) is 0 Å². The molecule has 0 saturated heterocycles. The lowest BCUT2D eigenvalue weighted by Crippen LogP contribution is -2.35. The number of likely N-dealkylation sites (N-methyl/N-ethyl adjacent to an activating group) is 1. The molecule has 0 aromatic rings. The topological polar surface area (TPSA) is 21.3 Å². The van der Waals surface area contributed by atoms with Crippen LogP contribution in [0.1, 0.15) is 52.9 Å². The summed E-state index contributed by atoms with van der Waals surface area (Å²) in [6.45, 7) is 7.20. The average Bonchev–Trinajstić information content (AvgIpc) is 2.63. The summed E-state index contributed by atoms with van der Waals surface area (Å²) in [5.74, 6) is 0.936. The molecule has 0 aromatic carbocycles. The molecule has 1 aliphatic carbocycles. The van der Waals surface area contributed by atoms with Gasteiger partial charge in [0.2, 0.25) is 0 Å². The maximum absolute atomic E-state index is 5.83.